The van der Waals surface area contributed by atoms with E-state index in [-0.39, 0.29) is 11.3 Å². The fraction of sp³-hybridized carbons (Fsp3) is 0.350. The van der Waals surface area contributed by atoms with Crippen molar-refractivity contribution in [3.63, 3.8) is 0 Å². The minimum absolute atomic E-state index is 0.145. The number of rotatable bonds is 5. The molecule has 0 amide bonds. The molecule has 0 saturated carbocycles. The quantitative estimate of drug-likeness (QED) is 0.586. The molecule has 7 nitrogen and oxygen atoms in total. The fourth-order valence-corrected chi connectivity index (χ4v) is 3.31. The van der Waals surface area contributed by atoms with Gasteiger partial charge in [0, 0.05) is 16.9 Å². The Morgan fingerprint density at radius 3 is 2.37 bits per heavy atom. The monoisotopic (exact) mass is 423 g/mol. The Morgan fingerprint density at radius 2 is 1.77 bits per heavy atom. The van der Waals surface area contributed by atoms with Crippen LogP contribution in [0.4, 0.5) is 18.9 Å². The van der Waals surface area contributed by atoms with E-state index in [0.29, 0.717) is 36.3 Å². The van der Waals surface area contributed by atoms with Gasteiger partial charge < -0.3 is 14.8 Å². The molecular weight excluding hydrogens is 403 g/mol. The summed E-state index contributed by atoms with van der Waals surface area (Å²) >= 11 is 0. The second-order valence-electron chi connectivity index (χ2n) is 6.64. The largest absolute Gasteiger partial charge is 0.466 e. The number of aromatic nitrogens is 2. The molecule has 0 spiro atoms. The summed E-state index contributed by atoms with van der Waals surface area (Å²) in [6.07, 6.45) is -1.19. The minimum atomic E-state index is -4.51. The van der Waals surface area contributed by atoms with Gasteiger partial charge in [0.2, 0.25) is 0 Å². The Balaban J connectivity index is 1.91. The fourth-order valence-electron chi connectivity index (χ4n) is 3.31. The maximum Gasteiger partial charge on any atom is 0.435 e. The molecule has 2 aromatic rings. The van der Waals surface area contributed by atoms with E-state index in [1.165, 1.54) is 11.8 Å². The number of carbonyl (C=O) groups excluding carboxylic acids is 2. The van der Waals surface area contributed by atoms with E-state index in [2.05, 4.69) is 19.9 Å². The number of hydrogen-bond donors (Lipinski definition) is 1. The van der Waals surface area contributed by atoms with Crippen LogP contribution in [0.2, 0.25) is 0 Å². The van der Waals surface area contributed by atoms with Gasteiger partial charge >= 0.3 is 18.1 Å². The molecule has 0 aliphatic heterocycles. The molecular formula is C20H20F3N3O4. The summed E-state index contributed by atoms with van der Waals surface area (Å²) in [7, 11) is 2.33. The third-order valence-electron chi connectivity index (χ3n) is 4.71. The number of benzene rings is 1. The number of carbonyl (C=O) groups is 2. The molecule has 0 radical (unpaired) electrons. The number of fused-ring (bicyclic) bond motifs is 1. The van der Waals surface area contributed by atoms with Crippen LogP contribution in [0.1, 0.15) is 29.8 Å². The van der Waals surface area contributed by atoms with E-state index >= 15 is 0 Å². The topological polar surface area (TPSA) is 82.5 Å². The van der Waals surface area contributed by atoms with E-state index < -0.39 is 23.8 Å². The second kappa shape index (κ2) is 8.60. The van der Waals surface area contributed by atoms with Crippen LogP contribution in [0, 0.1) is 0 Å². The first-order chi connectivity index (χ1) is 14.2. The summed E-state index contributed by atoms with van der Waals surface area (Å²) in [5.74, 6) is -1.53. The third kappa shape index (κ3) is 4.47. The number of hydrogen-bond acceptors (Lipinski definition) is 6. The van der Waals surface area contributed by atoms with E-state index in [4.69, 9.17) is 0 Å². The first-order valence-corrected chi connectivity index (χ1v) is 9.18. The molecule has 0 bridgehead atoms. The highest BCUT2D eigenvalue weighted by molar-refractivity contribution is 5.98. The molecule has 1 aliphatic carbocycles. The smallest absolute Gasteiger partial charge is 0.435 e. The zero-order valence-corrected chi connectivity index (χ0v) is 16.4. The van der Waals surface area contributed by atoms with Crippen LogP contribution < -0.4 is 5.32 Å². The van der Waals surface area contributed by atoms with Gasteiger partial charge in [0.15, 0.2) is 5.69 Å². The van der Waals surface area contributed by atoms with Gasteiger partial charge in [0.05, 0.1) is 26.0 Å². The average molecular weight is 423 g/mol. The molecule has 30 heavy (non-hydrogen) atoms. The Kier molecular flexibility index (Phi) is 6.14. The maximum absolute atomic E-state index is 13.4. The number of esters is 2. The Bertz CT molecular complexity index is 978. The first-order valence-electron chi connectivity index (χ1n) is 9.18. The van der Waals surface area contributed by atoms with Crippen molar-refractivity contribution in [2.24, 2.45) is 0 Å². The molecule has 1 aliphatic rings. The van der Waals surface area contributed by atoms with Crippen molar-refractivity contribution in [3.8, 4) is 5.69 Å². The van der Waals surface area contributed by atoms with E-state index in [9.17, 15) is 22.8 Å². The predicted molar refractivity (Wildman–Crippen MR) is 101 cm³/mol. The second-order valence-corrected chi connectivity index (χ2v) is 6.64. The van der Waals surface area contributed by atoms with Crippen molar-refractivity contribution < 1.29 is 32.2 Å². The Labute approximate surface area is 170 Å². The van der Waals surface area contributed by atoms with Gasteiger partial charge in [-0.3, -0.25) is 0 Å². The number of nitrogens with one attached hydrogen (secondary N) is 1. The van der Waals surface area contributed by atoms with Crippen molar-refractivity contribution in [2.75, 3.05) is 19.5 Å². The number of alkyl halides is 3. The SMILES string of the molecule is COC(=O)/C=C(/Nc1ccc(-n2nc(C(F)(F)F)c3c2CCCC3)cc1)C(=O)OC. The maximum atomic E-state index is 13.4. The average Bonchev–Trinajstić information content (AvgIpc) is 3.13. The Hall–Kier alpha value is -3.30. The predicted octanol–water partition coefficient (Wildman–Crippen LogP) is 3.41. The molecule has 1 heterocycles. The van der Waals surface area contributed by atoms with Gasteiger partial charge in [-0.05, 0) is 49.9 Å². The highest BCUT2D eigenvalue weighted by atomic mass is 19.4. The van der Waals surface area contributed by atoms with Crippen molar-refractivity contribution in [3.05, 3.63) is 53.0 Å². The first kappa shape index (κ1) is 21.4. The van der Waals surface area contributed by atoms with E-state index in [1.807, 2.05) is 0 Å². The van der Waals surface area contributed by atoms with Gasteiger partial charge in [0.1, 0.15) is 5.70 Å². The number of anilines is 1. The minimum Gasteiger partial charge on any atom is -0.466 e. The Morgan fingerprint density at radius 1 is 1.10 bits per heavy atom. The lowest BCUT2D eigenvalue weighted by atomic mass is 9.95. The number of methoxy groups -OCH3 is 2. The normalized spacial score (nSPS) is 14.1. The van der Waals surface area contributed by atoms with Crippen LogP contribution in [0.3, 0.4) is 0 Å². The molecule has 0 fully saturated rings. The molecule has 0 unspecified atom stereocenters. The van der Waals surface area contributed by atoms with Gasteiger partial charge in [-0.15, -0.1) is 0 Å². The summed E-state index contributed by atoms with van der Waals surface area (Å²) in [5, 5.41) is 6.58. The van der Waals surface area contributed by atoms with E-state index in [1.54, 1.807) is 24.3 Å². The van der Waals surface area contributed by atoms with Gasteiger partial charge in [-0.25, -0.2) is 14.3 Å². The number of ether oxygens (including phenoxy) is 2. The summed E-state index contributed by atoms with van der Waals surface area (Å²) in [6.45, 7) is 0. The molecule has 3 rings (SSSR count). The molecule has 160 valence electrons. The van der Waals surface area contributed by atoms with Crippen LogP contribution in [-0.4, -0.2) is 35.9 Å². The molecule has 0 atom stereocenters. The standard InChI is InChI=1S/C20H20F3N3O4/c1-29-17(27)11-15(19(28)30-2)24-12-7-9-13(10-8-12)26-16-6-4-3-5-14(16)18(25-26)20(21,22)23/h7-11,24H,3-6H2,1-2H3/b15-11+. The van der Waals surface area contributed by atoms with Crippen molar-refractivity contribution >= 4 is 17.6 Å². The number of halogens is 3. The van der Waals surface area contributed by atoms with Crippen LogP contribution in [0.25, 0.3) is 5.69 Å². The molecule has 1 aromatic heterocycles. The molecule has 10 heteroatoms. The lowest BCUT2D eigenvalue weighted by Gasteiger charge is -2.15. The zero-order chi connectivity index (χ0) is 21.9. The van der Waals surface area contributed by atoms with Crippen molar-refractivity contribution in [1.82, 2.24) is 9.78 Å². The highest BCUT2D eigenvalue weighted by Gasteiger charge is 2.39. The molecule has 1 N–H and O–H groups in total. The van der Waals surface area contributed by atoms with Gasteiger partial charge in [-0.2, -0.15) is 18.3 Å². The van der Waals surface area contributed by atoms with Crippen molar-refractivity contribution in [2.45, 2.75) is 31.9 Å². The van der Waals surface area contributed by atoms with Crippen LogP contribution in [0.5, 0.6) is 0 Å². The number of nitrogens with zero attached hydrogens (tertiary/aromatic N) is 2. The van der Waals surface area contributed by atoms with Crippen LogP contribution in [-0.2, 0) is 38.1 Å². The lowest BCUT2D eigenvalue weighted by molar-refractivity contribution is -0.142. The van der Waals surface area contributed by atoms with Crippen molar-refractivity contribution in [1.29, 1.82) is 0 Å². The molecule has 1 aromatic carbocycles. The summed E-state index contributed by atoms with van der Waals surface area (Å²) in [5.41, 5.74) is 0.725. The highest BCUT2D eigenvalue weighted by Crippen LogP contribution is 2.36. The van der Waals surface area contributed by atoms with Gasteiger partial charge in [-0.1, -0.05) is 0 Å². The zero-order valence-electron chi connectivity index (χ0n) is 16.4. The lowest BCUT2D eigenvalue weighted by Crippen LogP contribution is -2.15. The van der Waals surface area contributed by atoms with Crippen LogP contribution in [0.15, 0.2) is 36.0 Å². The van der Waals surface area contributed by atoms with E-state index in [0.717, 1.165) is 19.6 Å². The summed E-state index contributed by atoms with van der Waals surface area (Å²) in [6, 6.07) is 6.29. The third-order valence-corrected chi connectivity index (χ3v) is 4.71. The summed E-state index contributed by atoms with van der Waals surface area (Å²) in [4.78, 5) is 23.3. The molecule has 0 saturated heterocycles. The summed E-state index contributed by atoms with van der Waals surface area (Å²) < 4.78 is 50.6. The van der Waals surface area contributed by atoms with Crippen LogP contribution >= 0.6 is 0 Å². The van der Waals surface area contributed by atoms with Gasteiger partial charge in [0.25, 0.3) is 0 Å².